The van der Waals surface area contributed by atoms with Crippen LogP contribution in [0.1, 0.15) is 21.7 Å². The summed E-state index contributed by atoms with van der Waals surface area (Å²) in [4.78, 5) is 16.0. The van der Waals surface area contributed by atoms with Crippen molar-refractivity contribution in [2.75, 3.05) is 11.1 Å². The van der Waals surface area contributed by atoms with Gasteiger partial charge < -0.3 is 11.1 Å². The van der Waals surface area contributed by atoms with Gasteiger partial charge in [-0.2, -0.15) is 5.10 Å². The molecule has 0 atom stereocenters. The summed E-state index contributed by atoms with van der Waals surface area (Å²) in [5.74, 6) is -0.357. The molecule has 100 valence electrons. The van der Waals surface area contributed by atoms with E-state index in [9.17, 15) is 4.79 Å². The van der Waals surface area contributed by atoms with Gasteiger partial charge in [-0.05, 0) is 19.9 Å². The predicted octanol–water partition coefficient (Wildman–Crippen LogP) is 1.92. The van der Waals surface area contributed by atoms with Crippen LogP contribution in [0.4, 0.5) is 11.4 Å². The molecule has 0 saturated carbocycles. The summed E-state index contributed by atoms with van der Waals surface area (Å²) in [5.41, 5.74) is 8.50. The Hall–Kier alpha value is -2.08. The zero-order chi connectivity index (χ0) is 14.2. The van der Waals surface area contributed by atoms with Gasteiger partial charge in [-0.1, -0.05) is 11.6 Å². The van der Waals surface area contributed by atoms with Crippen LogP contribution >= 0.6 is 11.6 Å². The number of rotatable bonds is 2. The van der Waals surface area contributed by atoms with E-state index in [0.717, 1.165) is 11.4 Å². The third-order valence-electron chi connectivity index (χ3n) is 2.85. The number of nitrogens with two attached hydrogens (primary N) is 1. The number of pyridine rings is 1. The molecule has 0 fully saturated rings. The van der Waals surface area contributed by atoms with Crippen molar-refractivity contribution in [2.24, 2.45) is 7.05 Å². The normalized spacial score (nSPS) is 10.5. The third kappa shape index (κ3) is 2.53. The Morgan fingerprint density at radius 1 is 1.47 bits per heavy atom. The summed E-state index contributed by atoms with van der Waals surface area (Å²) in [5, 5.41) is 7.12. The number of anilines is 2. The van der Waals surface area contributed by atoms with Crippen molar-refractivity contribution >= 4 is 28.9 Å². The van der Waals surface area contributed by atoms with Crippen LogP contribution in [0.25, 0.3) is 0 Å². The van der Waals surface area contributed by atoms with Crippen molar-refractivity contribution in [3.05, 3.63) is 34.4 Å². The molecule has 0 bridgehead atoms. The van der Waals surface area contributed by atoms with Crippen LogP contribution in [0, 0.1) is 13.8 Å². The lowest BCUT2D eigenvalue weighted by Gasteiger charge is -2.07. The number of carbonyl (C=O) groups is 1. The number of amides is 1. The predicted molar refractivity (Wildman–Crippen MR) is 74.3 cm³/mol. The highest BCUT2D eigenvalue weighted by atomic mass is 35.5. The van der Waals surface area contributed by atoms with Gasteiger partial charge >= 0.3 is 0 Å². The van der Waals surface area contributed by atoms with Crippen LogP contribution in [0.15, 0.2) is 12.3 Å². The molecule has 0 aliphatic rings. The Morgan fingerprint density at radius 2 is 2.16 bits per heavy atom. The van der Waals surface area contributed by atoms with E-state index in [1.54, 1.807) is 4.68 Å². The smallest absolute Gasteiger partial charge is 0.258 e. The van der Waals surface area contributed by atoms with E-state index in [-0.39, 0.29) is 16.6 Å². The Bertz CT molecular complexity index is 650. The summed E-state index contributed by atoms with van der Waals surface area (Å²) in [6.45, 7) is 3.69. The first-order valence-corrected chi connectivity index (χ1v) is 6.00. The lowest BCUT2D eigenvalue weighted by molar-refractivity contribution is 0.102. The first kappa shape index (κ1) is 13.4. The van der Waals surface area contributed by atoms with E-state index in [1.807, 2.05) is 20.9 Å². The summed E-state index contributed by atoms with van der Waals surface area (Å²) >= 11 is 5.89. The van der Waals surface area contributed by atoms with Gasteiger partial charge in [0.1, 0.15) is 5.15 Å². The molecule has 1 amide bonds. The highest BCUT2D eigenvalue weighted by Crippen LogP contribution is 2.21. The number of carbonyl (C=O) groups excluding carboxylic acids is 1. The minimum atomic E-state index is -0.357. The zero-order valence-corrected chi connectivity index (χ0v) is 11.6. The molecule has 2 aromatic heterocycles. The van der Waals surface area contributed by atoms with Crippen LogP contribution in [0.2, 0.25) is 5.15 Å². The number of hydrogen-bond donors (Lipinski definition) is 2. The molecule has 0 aromatic carbocycles. The van der Waals surface area contributed by atoms with Gasteiger partial charge in [0.15, 0.2) is 0 Å². The molecular formula is C12H14ClN5O. The van der Waals surface area contributed by atoms with Crippen LogP contribution in [-0.4, -0.2) is 20.7 Å². The van der Waals surface area contributed by atoms with Gasteiger partial charge in [0, 0.05) is 7.05 Å². The maximum atomic E-state index is 12.2. The molecule has 0 aliphatic heterocycles. The standard InChI is InChI=1S/C12H14ClN5O/c1-6-10(7(2)18(3)17-6)16-12(19)9-4-8(14)5-15-11(9)13/h4-5H,14H2,1-3H3,(H,16,19). The van der Waals surface area contributed by atoms with Gasteiger partial charge in [-0.15, -0.1) is 0 Å². The maximum Gasteiger partial charge on any atom is 0.258 e. The van der Waals surface area contributed by atoms with Crippen LogP contribution < -0.4 is 11.1 Å². The van der Waals surface area contributed by atoms with E-state index in [1.165, 1.54) is 12.3 Å². The van der Waals surface area contributed by atoms with Crippen LogP contribution in [-0.2, 0) is 7.05 Å². The minimum absolute atomic E-state index is 0.117. The van der Waals surface area contributed by atoms with Gasteiger partial charge in [-0.25, -0.2) is 4.98 Å². The molecule has 2 heterocycles. The fourth-order valence-electron chi connectivity index (χ4n) is 1.76. The highest BCUT2D eigenvalue weighted by Gasteiger charge is 2.16. The Morgan fingerprint density at radius 3 is 2.74 bits per heavy atom. The number of hydrogen-bond acceptors (Lipinski definition) is 4. The molecule has 0 aliphatic carbocycles. The van der Waals surface area contributed by atoms with E-state index in [4.69, 9.17) is 17.3 Å². The second kappa shape index (κ2) is 4.89. The zero-order valence-electron chi connectivity index (χ0n) is 10.9. The largest absolute Gasteiger partial charge is 0.397 e. The molecular weight excluding hydrogens is 266 g/mol. The average molecular weight is 280 g/mol. The first-order chi connectivity index (χ1) is 8.90. The number of aryl methyl sites for hydroxylation is 2. The molecule has 6 nitrogen and oxygen atoms in total. The van der Waals surface area contributed by atoms with Gasteiger partial charge in [0.25, 0.3) is 5.91 Å². The van der Waals surface area contributed by atoms with E-state index < -0.39 is 0 Å². The van der Waals surface area contributed by atoms with Crippen LogP contribution in [0.5, 0.6) is 0 Å². The molecule has 2 aromatic rings. The maximum absolute atomic E-state index is 12.2. The molecule has 19 heavy (non-hydrogen) atoms. The van der Waals surface area contributed by atoms with E-state index in [2.05, 4.69) is 15.4 Å². The first-order valence-electron chi connectivity index (χ1n) is 5.62. The van der Waals surface area contributed by atoms with Crippen molar-refractivity contribution in [1.29, 1.82) is 0 Å². The number of nitrogens with one attached hydrogen (secondary N) is 1. The molecule has 0 spiro atoms. The fraction of sp³-hybridized carbons (Fsp3) is 0.250. The lowest BCUT2D eigenvalue weighted by atomic mass is 10.2. The van der Waals surface area contributed by atoms with Gasteiger partial charge in [-0.3, -0.25) is 9.48 Å². The van der Waals surface area contributed by atoms with Gasteiger partial charge in [0.2, 0.25) is 0 Å². The Labute approximate surface area is 115 Å². The molecule has 0 radical (unpaired) electrons. The second-order valence-electron chi connectivity index (χ2n) is 4.23. The van der Waals surface area contributed by atoms with Crippen molar-refractivity contribution in [2.45, 2.75) is 13.8 Å². The topological polar surface area (TPSA) is 85.8 Å². The van der Waals surface area contributed by atoms with Crippen molar-refractivity contribution in [3.63, 3.8) is 0 Å². The second-order valence-corrected chi connectivity index (χ2v) is 4.59. The fourth-order valence-corrected chi connectivity index (χ4v) is 1.95. The Kier molecular flexibility index (Phi) is 3.44. The monoisotopic (exact) mass is 279 g/mol. The van der Waals surface area contributed by atoms with Crippen molar-refractivity contribution in [1.82, 2.24) is 14.8 Å². The van der Waals surface area contributed by atoms with Crippen molar-refractivity contribution in [3.8, 4) is 0 Å². The van der Waals surface area contributed by atoms with Crippen molar-refractivity contribution < 1.29 is 4.79 Å². The molecule has 2 rings (SSSR count). The quantitative estimate of drug-likeness (QED) is 0.823. The number of nitrogens with zero attached hydrogens (tertiary/aromatic N) is 3. The van der Waals surface area contributed by atoms with Crippen LogP contribution in [0.3, 0.4) is 0 Å². The van der Waals surface area contributed by atoms with Gasteiger partial charge in [0.05, 0.1) is 34.5 Å². The minimum Gasteiger partial charge on any atom is -0.397 e. The summed E-state index contributed by atoms with van der Waals surface area (Å²) in [6, 6.07) is 1.49. The lowest BCUT2D eigenvalue weighted by Crippen LogP contribution is -2.14. The summed E-state index contributed by atoms with van der Waals surface area (Å²) < 4.78 is 1.70. The number of nitrogen functional groups attached to an aromatic ring is 1. The molecule has 7 heteroatoms. The summed E-state index contributed by atoms with van der Waals surface area (Å²) in [7, 11) is 1.81. The molecule has 3 N–H and O–H groups in total. The number of aromatic nitrogens is 3. The Balaban J connectivity index is 2.33. The van der Waals surface area contributed by atoms with E-state index >= 15 is 0 Å². The summed E-state index contributed by atoms with van der Waals surface area (Å²) in [6.07, 6.45) is 1.40. The average Bonchev–Trinajstić information content (AvgIpc) is 2.59. The number of halogens is 1. The highest BCUT2D eigenvalue weighted by molar-refractivity contribution is 6.33. The third-order valence-corrected chi connectivity index (χ3v) is 3.15. The molecule has 0 saturated heterocycles. The SMILES string of the molecule is Cc1nn(C)c(C)c1NC(=O)c1cc(N)cnc1Cl. The molecule has 0 unspecified atom stereocenters. The van der Waals surface area contributed by atoms with E-state index in [0.29, 0.717) is 11.4 Å².